The highest BCUT2D eigenvalue weighted by Gasteiger charge is 2.14. The summed E-state index contributed by atoms with van der Waals surface area (Å²) < 4.78 is 7.76. The zero-order valence-electron chi connectivity index (χ0n) is 21.3. The summed E-state index contributed by atoms with van der Waals surface area (Å²) in [6, 6.07) is 19.3. The Morgan fingerprint density at radius 1 is 1.00 bits per heavy atom. The first kappa shape index (κ1) is 25.9. The van der Waals surface area contributed by atoms with Crippen molar-refractivity contribution in [1.29, 1.82) is 0 Å². The SMILES string of the molecule is CSC.Cc1ccc2nc(COc3ccc(-c4nn(C)cc4-c4ccncc4)cc3)c(C(N)=O)cc2c1. The molecule has 0 atom stereocenters. The molecule has 3 aromatic heterocycles. The number of nitrogens with zero attached hydrogens (tertiary/aromatic N) is 4. The molecule has 0 aliphatic rings. The number of thioether (sulfide) groups is 1. The molecule has 0 bridgehead atoms. The van der Waals surface area contributed by atoms with Crippen LogP contribution in [0.1, 0.15) is 21.6 Å². The van der Waals surface area contributed by atoms with Crippen molar-refractivity contribution >= 4 is 28.6 Å². The maximum Gasteiger partial charge on any atom is 0.250 e. The molecule has 0 saturated carbocycles. The molecule has 5 aromatic rings. The molecule has 188 valence electrons. The molecular formula is C29H29N5O2S. The molecule has 5 rings (SSSR count). The molecule has 0 saturated heterocycles. The van der Waals surface area contributed by atoms with Gasteiger partial charge in [0.1, 0.15) is 18.1 Å². The molecule has 7 nitrogen and oxygen atoms in total. The van der Waals surface area contributed by atoms with Crippen LogP contribution >= 0.6 is 11.8 Å². The van der Waals surface area contributed by atoms with Crippen LogP contribution in [0.5, 0.6) is 5.75 Å². The quantitative estimate of drug-likeness (QED) is 0.316. The third kappa shape index (κ3) is 6.16. The minimum absolute atomic E-state index is 0.132. The zero-order valence-corrected chi connectivity index (χ0v) is 22.1. The monoisotopic (exact) mass is 511 g/mol. The molecule has 2 N–H and O–H groups in total. The Labute approximate surface area is 220 Å². The van der Waals surface area contributed by atoms with Gasteiger partial charge in [-0.1, -0.05) is 11.6 Å². The molecule has 0 unspecified atom stereocenters. The van der Waals surface area contributed by atoms with Crippen molar-refractivity contribution in [3.05, 3.63) is 96.1 Å². The average Bonchev–Trinajstić information content (AvgIpc) is 3.29. The number of ether oxygens (including phenoxy) is 1. The standard InChI is InChI=1S/C27H23N5O2.C2H6S/c1-17-3-8-24-20(13-17)14-22(27(28)33)25(30-24)16-34-21-6-4-19(5-7-21)26-23(15-32(2)31-26)18-9-11-29-12-10-18;1-3-2/h3-15H,16H2,1-2H3,(H2,28,33);1-2H3. The Kier molecular flexibility index (Phi) is 8.20. The van der Waals surface area contributed by atoms with E-state index in [0.717, 1.165) is 38.9 Å². The lowest BCUT2D eigenvalue weighted by Gasteiger charge is -2.11. The molecule has 8 heteroatoms. The minimum atomic E-state index is -0.524. The van der Waals surface area contributed by atoms with Crippen molar-refractivity contribution in [2.75, 3.05) is 12.5 Å². The lowest BCUT2D eigenvalue weighted by atomic mass is 10.0. The fourth-order valence-corrected chi connectivity index (χ4v) is 3.96. The summed E-state index contributed by atoms with van der Waals surface area (Å²) in [5.41, 5.74) is 12.3. The zero-order chi connectivity index (χ0) is 26.4. The van der Waals surface area contributed by atoms with Gasteiger partial charge >= 0.3 is 0 Å². The molecule has 0 aliphatic carbocycles. The Morgan fingerprint density at radius 3 is 2.38 bits per heavy atom. The Hall–Kier alpha value is -4.17. The number of pyridine rings is 2. The van der Waals surface area contributed by atoms with E-state index in [-0.39, 0.29) is 6.61 Å². The van der Waals surface area contributed by atoms with Crippen molar-refractivity contribution < 1.29 is 9.53 Å². The molecule has 1 amide bonds. The third-order valence-corrected chi connectivity index (χ3v) is 5.64. The first-order valence-electron chi connectivity index (χ1n) is 11.7. The summed E-state index contributed by atoms with van der Waals surface area (Å²) in [6.07, 6.45) is 9.62. The highest BCUT2D eigenvalue weighted by atomic mass is 32.2. The topological polar surface area (TPSA) is 95.9 Å². The van der Waals surface area contributed by atoms with Crippen LogP contribution in [0.25, 0.3) is 33.3 Å². The third-order valence-electron chi connectivity index (χ3n) is 5.64. The van der Waals surface area contributed by atoms with Gasteiger partial charge in [0.25, 0.3) is 5.91 Å². The Bertz CT molecular complexity index is 1520. The second-order valence-electron chi connectivity index (χ2n) is 8.57. The van der Waals surface area contributed by atoms with E-state index in [2.05, 4.69) is 15.1 Å². The van der Waals surface area contributed by atoms with E-state index in [1.165, 1.54) is 0 Å². The molecule has 0 fully saturated rings. The van der Waals surface area contributed by atoms with Crippen molar-refractivity contribution in [1.82, 2.24) is 19.7 Å². The van der Waals surface area contributed by atoms with Crippen LogP contribution in [0.3, 0.4) is 0 Å². The van der Waals surface area contributed by atoms with Gasteiger partial charge in [-0.05, 0) is 79.6 Å². The largest absolute Gasteiger partial charge is 0.487 e. The van der Waals surface area contributed by atoms with Crippen molar-refractivity contribution in [2.45, 2.75) is 13.5 Å². The number of nitrogens with two attached hydrogens (primary N) is 1. The van der Waals surface area contributed by atoms with E-state index in [4.69, 9.17) is 10.5 Å². The van der Waals surface area contributed by atoms with Gasteiger partial charge < -0.3 is 10.5 Å². The molecule has 2 aromatic carbocycles. The van der Waals surface area contributed by atoms with E-state index in [1.807, 2.05) is 87.3 Å². The molecule has 0 spiro atoms. The number of carbonyl (C=O) groups is 1. The van der Waals surface area contributed by atoms with Gasteiger partial charge in [-0.3, -0.25) is 14.5 Å². The first-order chi connectivity index (χ1) is 17.9. The lowest BCUT2D eigenvalue weighted by molar-refractivity contribution is 0.0997. The lowest BCUT2D eigenvalue weighted by Crippen LogP contribution is -2.16. The number of amides is 1. The summed E-state index contributed by atoms with van der Waals surface area (Å²) in [7, 11) is 1.90. The molecule has 37 heavy (non-hydrogen) atoms. The van der Waals surface area contributed by atoms with Gasteiger partial charge in [-0.15, -0.1) is 0 Å². The summed E-state index contributed by atoms with van der Waals surface area (Å²) >= 11 is 1.75. The minimum Gasteiger partial charge on any atom is -0.487 e. The highest BCUT2D eigenvalue weighted by molar-refractivity contribution is 7.97. The number of aromatic nitrogens is 4. The highest BCUT2D eigenvalue weighted by Crippen LogP contribution is 2.31. The average molecular weight is 512 g/mol. The van der Waals surface area contributed by atoms with Crippen LogP contribution in [0, 0.1) is 6.92 Å². The van der Waals surface area contributed by atoms with Gasteiger partial charge in [0.05, 0.1) is 16.8 Å². The molecule has 0 radical (unpaired) electrons. The summed E-state index contributed by atoms with van der Waals surface area (Å²) in [4.78, 5) is 20.7. The summed E-state index contributed by atoms with van der Waals surface area (Å²) in [6.45, 7) is 2.13. The number of carbonyl (C=O) groups excluding carboxylic acids is 1. The van der Waals surface area contributed by atoms with Crippen molar-refractivity contribution in [3.63, 3.8) is 0 Å². The number of aryl methyl sites for hydroxylation is 2. The summed E-state index contributed by atoms with van der Waals surface area (Å²) in [5.74, 6) is 0.134. The summed E-state index contributed by atoms with van der Waals surface area (Å²) in [5, 5.41) is 5.52. The van der Waals surface area contributed by atoms with Gasteiger partial charge in [0, 0.05) is 42.2 Å². The fourth-order valence-electron chi connectivity index (χ4n) is 3.96. The number of primary amides is 1. The van der Waals surface area contributed by atoms with Gasteiger partial charge in [-0.25, -0.2) is 4.98 Å². The van der Waals surface area contributed by atoms with Crippen LogP contribution < -0.4 is 10.5 Å². The number of hydrogen-bond donors (Lipinski definition) is 1. The van der Waals surface area contributed by atoms with Crippen molar-refractivity contribution in [3.8, 4) is 28.1 Å². The van der Waals surface area contributed by atoms with Crippen molar-refractivity contribution in [2.24, 2.45) is 12.8 Å². The fraction of sp³-hybridized carbons (Fsp3) is 0.172. The normalized spacial score (nSPS) is 10.6. The predicted octanol–water partition coefficient (Wildman–Crippen LogP) is 5.66. The Morgan fingerprint density at radius 2 is 1.70 bits per heavy atom. The number of benzene rings is 2. The van der Waals surface area contributed by atoms with Crippen LogP contribution in [-0.2, 0) is 13.7 Å². The van der Waals surface area contributed by atoms with Gasteiger partial charge in [0.15, 0.2) is 0 Å². The van der Waals surface area contributed by atoms with Crippen LogP contribution in [0.15, 0.2) is 79.3 Å². The van der Waals surface area contributed by atoms with E-state index in [1.54, 1.807) is 34.9 Å². The van der Waals surface area contributed by atoms with Gasteiger partial charge in [0.2, 0.25) is 0 Å². The van der Waals surface area contributed by atoms with Gasteiger partial charge in [-0.2, -0.15) is 16.9 Å². The second-order valence-corrected chi connectivity index (χ2v) is 9.38. The van der Waals surface area contributed by atoms with E-state index in [0.29, 0.717) is 17.0 Å². The van der Waals surface area contributed by atoms with Crippen LogP contribution in [-0.4, -0.2) is 38.2 Å². The number of rotatable bonds is 6. The van der Waals surface area contributed by atoms with Crippen LogP contribution in [0.4, 0.5) is 0 Å². The van der Waals surface area contributed by atoms with Crippen LogP contribution in [0.2, 0.25) is 0 Å². The first-order valence-corrected chi connectivity index (χ1v) is 13.3. The van der Waals surface area contributed by atoms with E-state index < -0.39 is 5.91 Å². The smallest absolute Gasteiger partial charge is 0.250 e. The van der Waals surface area contributed by atoms with E-state index >= 15 is 0 Å². The second kappa shape index (κ2) is 11.7. The maximum absolute atomic E-state index is 12.0. The number of fused-ring (bicyclic) bond motifs is 1. The predicted molar refractivity (Wildman–Crippen MR) is 151 cm³/mol. The molecule has 3 heterocycles. The number of hydrogen-bond acceptors (Lipinski definition) is 6. The Balaban J connectivity index is 0.00000102. The maximum atomic E-state index is 12.0. The van der Waals surface area contributed by atoms with E-state index in [9.17, 15) is 4.79 Å². The molecular weight excluding hydrogens is 482 g/mol. The molecule has 0 aliphatic heterocycles.